The van der Waals surface area contributed by atoms with E-state index in [1.807, 2.05) is 0 Å². The lowest BCUT2D eigenvalue weighted by Crippen LogP contribution is -2.21. The van der Waals surface area contributed by atoms with Crippen LogP contribution in [0.25, 0.3) is 0 Å². The lowest BCUT2D eigenvalue weighted by Gasteiger charge is -2.08. The number of ether oxygens (including phenoxy) is 1. The van der Waals surface area contributed by atoms with Crippen molar-refractivity contribution in [3.05, 3.63) is 41.2 Å². The van der Waals surface area contributed by atoms with E-state index in [0.29, 0.717) is 28.7 Å². The Morgan fingerprint density at radius 2 is 2.09 bits per heavy atom. The number of anilines is 2. The van der Waals surface area contributed by atoms with Gasteiger partial charge >= 0.3 is 0 Å². The first-order valence-electron chi connectivity index (χ1n) is 6.30. The number of amides is 2. The molecule has 0 saturated carbocycles. The van der Waals surface area contributed by atoms with E-state index in [-0.39, 0.29) is 18.3 Å². The van der Waals surface area contributed by atoms with Gasteiger partial charge in [-0.2, -0.15) is 0 Å². The third-order valence-corrected chi connectivity index (χ3v) is 2.85. The fraction of sp³-hybridized carbons (Fsp3) is 0.143. The fourth-order valence-corrected chi connectivity index (χ4v) is 1.72. The number of halogens is 1. The first kappa shape index (κ1) is 15.7. The standard InChI is InChI=1S/C14H13ClN4O3/c1-9-14(17-8-20)16-6-12(18-9)19-13(21)7-22-11-4-2-10(15)3-5-11/h2-6,8H,7H2,1H3,(H,16,17,20)(H,18,19,21). The van der Waals surface area contributed by atoms with Crippen LogP contribution in [-0.2, 0) is 9.59 Å². The molecule has 2 rings (SSSR count). The summed E-state index contributed by atoms with van der Waals surface area (Å²) in [5, 5.41) is 5.55. The molecule has 2 amide bonds. The van der Waals surface area contributed by atoms with Gasteiger partial charge in [-0.3, -0.25) is 9.59 Å². The first-order valence-corrected chi connectivity index (χ1v) is 6.68. The Hall–Kier alpha value is -2.67. The molecule has 0 aliphatic rings. The Balaban J connectivity index is 1.90. The molecule has 114 valence electrons. The van der Waals surface area contributed by atoms with Gasteiger partial charge in [0.05, 0.1) is 11.9 Å². The van der Waals surface area contributed by atoms with Gasteiger partial charge in [0.2, 0.25) is 6.41 Å². The summed E-state index contributed by atoms with van der Waals surface area (Å²) in [5.41, 5.74) is 0.489. The Labute approximate surface area is 131 Å². The van der Waals surface area contributed by atoms with Crippen molar-refractivity contribution in [1.82, 2.24) is 9.97 Å². The van der Waals surface area contributed by atoms with Gasteiger partial charge in [0.15, 0.2) is 18.2 Å². The highest BCUT2D eigenvalue weighted by molar-refractivity contribution is 6.30. The summed E-state index contributed by atoms with van der Waals surface area (Å²) in [5.74, 6) is 0.774. The van der Waals surface area contributed by atoms with Crippen LogP contribution in [0.1, 0.15) is 5.69 Å². The Bertz CT molecular complexity index is 676. The van der Waals surface area contributed by atoms with E-state index in [2.05, 4.69) is 20.6 Å². The molecule has 1 aromatic carbocycles. The number of hydrogen-bond donors (Lipinski definition) is 2. The van der Waals surface area contributed by atoms with Crippen LogP contribution in [0, 0.1) is 6.92 Å². The van der Waals surface area contributed by atoms with Crippen molar-refractivity contribution in [3.63, 3.8) is 0 Å². The zero-order valence-corrected chi connectivity index (χ0v) is 12.4. The number of aromatic nitrogens is 2. The van der Waals surface area contributed by atoms with Gasteiger partial charge in [-0.05, 0) is 31.2 Å². The Morgan fingerprint density at radius 3 is 2.73 bits per heavy atom. The lowest BCUT2D eigenvalue weighted by atomic mass is 10.3. The predicted molar refractivity (Wildman–Crippen MR) is 82.0 cm³/mol. The van der Waals surface area contributed by atoms with Gasteiger partial charge in [-0.1, -0.05) is 11.6 Å². The molecule has 8 heteroatoms. The molecule has 0 fully saturated rings. The maximum Gasteiger partial charge on any atom is 0.263 e. The molecule has 7 nitrogen and oxygen atoms in total. The average Bonchev–Trinajstić information content (AvgIpc) is 2.50. The molecule has 0 aliphatic heterocycles. The van der Waals surface area contributed by atoms with Crippen molar-refractivity contribution >= 4 is 35.6 Å². The number of rotatable bonds is 6. The average molecular weight is 321 g/mol. The Kier molecular flexibility index (Phi) is 5.26. The van der Waals surface area contributed by atoms with Gasteiger partial charge in [0.1, 0.15) is 5.75 Å². The molecule has 0 aliphatic carbocycles. The summed E-state index contributed by atoms with van der Waals surface area (Å²) >= 11 is 5.75. The molecular weight excluding hydrogens is 308 g/mol. The van der Waals surface area contributed by atoms with E-state index in [4.69, 9.17) is 16.3 Å². The van der Waals surface area contributed by atoms with Crippen LogP contribution >= 0.6 is 11.6 Å². The number of carbonyl (C=O) groups is 2. The van der Waals surface area contributed by atoms with Crippen molar-refractivity contribution in [2.75, 3.05) is 17.2 Å². The van der Waals surface area contributed by atoms with E-state index in [0.717, 1.165) is 0 Å². The van der Waals surface area contributed by atoms with Crippen LogP contribution in [0.5, 0.6) is 5.75 Å². The van der Waals surface area contributed by atoms with E-state index < -0.39 is 0 Å². The number of aryl methyl sites for hydroxylation is 1. The molecule has 1 heterocycles. The minimum atomic E-state index is -0.375. The van der Waals surface area contributed by atoms with Crippen molar-refractivity contribution < 1.29 is 14.3 Å². The second-order valence-electron chi connectivity index (χ2n) is 4.24. The monoisotopic (exact) mass is 320 g/mol. The van der Waals surface area contributed by atoms with Crippen LogP contribution in [0.15, 0.2) is 30.5 Å². The second-order valence-corrected chi connectivity index (χ2v) is 4.68. The summed E-state index contributed by atoms with van der Waals surface area (Å²) in [7, 11) is 0. The number of benzene rings is 1. The molecule has 1 aromatic heterocycles. The van der Waals surface area contributed by atoms with E-state index in [1.165, 1.54) is 6.20 Å². The second kappa shape index (κ2) is 7.37. The predicted octanol–water partition coefficient (Wildman–Crippen LogP) is 2.02. The number of nitrogens with zero attached hydrogens (tertiary/aromatic N) is 2. The van der Waals surface area contributed by atoms with Gasteiger partial charge in [-0.15, -0.1) is 0 Å². The summed E-state index contributed by atoms with van der Waals surface area (Å²) in [4.78, 5) is 30.2. The Morgan fingerprint density at radius 1 is 1.36 bits per heavy atom. The minimum Gasteiger partial charge on any atom is -0.484 e. The van der Waals surface area contributed by atoms with Crippen molar-refractivity contribution in [1.29, 1.82) is 0 Å². The normalized spacial score (nSPS) is 9.91. The van der Waals surface area contributed by atoms with Crippen molar-refractivity contribution in [3.8, 4) is 5.75 Å². The molecule has 22 heavy (non-hydrogen) atoms. The third-order valence-electron chi connectivity index (χ3n) is 2.59. The molecule has 0 unspecified atom stereocenters. The van der Waals surface area contributed by atoms with E-state index in [1.54, 1.807) is 31.2 Å². The van der Waals surface area contributed by atoms with E-state index in [9.17, 15) is 9.59 Å². The molecular formula is C14H13ClN4O3. The maximum atomic E-state index is 11.8. The number of hydrogen-bond acceptors (Lipinski definition) is 5. The first-order chi connectivity index (χ1) is 10.6. The molecule has 0 atom stereocenters. The third kappa shape index (κ3) is 4.42. The van der Waals surface area contributed by atoms with Gasteiger partial charge < -0.3 is 15.4 Å². The van der Waals surface area contributed by atoms with Crippen molar-refractivity contribution in [2.45, 2.75) is 6.92 Å². The number of nitrogens with one attached hydrogen (secondary N) is 2. The van der Waals surface area contributed by atoms with Crippen LogP contribution < -0.4 is 15.4 Å². The van der Waals surface area contributed by atoms with Crippen LogP contribution in [-0.4, -0.2) is 28.9 Å². The molecule has 0 radical (unpaired) electrons. The van der Waals surface area contributed by atoms with Crippen LogP contribution in [0.4, 0.5) is 11.6 Å². The highest BCUT2D eigenvalue weighted by Crippen LogP contribution is 2.15. The molecule has 0 saturated heterocycles. The van der Waals surface area contributed by atoms with Gasteiger partial charge in [0.25, 0.3) is 5.91 Å². The zero-order valence-electron chi connectivity index (χ0n) is 11.7. The summed E-state index contributed by atoms with van der Waals surface area (Å²) in [6.45, 7) is 1.50. The van der Waals surface area contributed by atoms with Gasteiger partial charge in [0, 0.05) is 5.02 Å². The van der Waals surface area contributed by atoms with Gasteiger partial charge in [-0.25, -0.2) is 9.97 Å². The molecule has 0 spiro atoms. The van der Waals surface area contributed by atoms with Crippen LogP contribution in [0.2, 0.25) is 5.02 Å². The molecule has 2 N–H and O–H groups in total. The highest BCUT2D eigenvalue weighted by Gasteiger charge is 2.07. The topological polar surface area (TPSA) is 93.2 Å². The lowest BCUT2D eigenvalue weighted by molar-refractivity contribution is -0.118. The fourth-order valence-electron chi connectivity index (χ4n) is 1.60. The largest absolute Gasteiger partial charge is 0.484 e. The van der Waals surface area contributed by atoms with Crippen LogP contribution in [0.3, 0.4) is 0 Å². The molecule has 2 aromatic rings. The zero-order chi connectivity index (χ0) is 15.9. The summed E-state index contributed by atoms with van der Waals surface area (Å²) < 4.78 is 5.31. The van der Waals surface area contributed by atoms with Crippen molar-refractivity contribution in [2.24, 2.45) is 0 Å². The number of carbonyl (C=O) groups excluding carboxylic acids is 2. The summed E-state index contributed by atoms with van der Waals surface area (Å²) in [6, 6.07) is 6.67. The SMILES string of the molecule is Cc1nc(NC(=O)COc2ccc(Cl)cc2)cnc1NC=O. The summed E-state index contributed by atoms with van der Waals surface area (Å²) in [6.07, 6.45) is 1.86. The minimum absolute atomic E-state index is 0.170. The maximum absolute atomic E-state index is 11.8. The highest BCUT2D eigenvalue weighted by atomic mass is 35.5. The quantitative estimate of drug-likeness (QED) is 0.794. The smallest absolute Gasteiger partial charge is 0.263 e. The molecule has 0 bridgehead atoms. The van der Waals surface area contributed by atoms with E-state index >= 15 is 0 Å².